The molecule has 0 aliphatic rings. The van der Waals surface area contributed by atoms with Crippen molar-refractivity contribution in [1.82, 2.24) is 15.3 Å². The predicted molar refractivity (Wildman–Crippen MR) is 75.2 cm³/mol. The summed E-state index contributed by atoms with van der Waals surface area (Å²) in [6.07, 6.45) is 1.63. The van der Waals surface area contributed by atoms with Gasteiger partial charge in [0.05, 0.1) is 11.0 Å². The van der Waals surface area contributed by atoms with Gasteiger partial charge in [0.2, 0.25) is 5.91 Å². The van der Waals surface area contributed by atoms with Crippen LogP contribution in [-0.2, 0) is 4.79 Å². The molecule has 0 spiro atoms. The lowest BCUT2D eigenvalue weighted by atomic mass is 10.2. The zero-order valence-corrected chi connectivity index (χ0v) is 10.6. The predicted octanol–water partition coefficient (Wildman–Crippen LogP) is 0.959. The van der Waals surface area contributed by atoms with Crippen LogP contribution in [0.4, 0.5) is 5.69 Å². The Kier molecular flexibility index (Phi) is 3.70. The zero-order valence-electron chi connectivity index (χ0n) is 10.6. The molecule has 1 heterocycles. The first-order chi connectivity index (χ1) is 9.10. The van der Waals surface area contributed by atoms with E-state index in [2.05, 4.69) is 27.2 Å². The van der Waals surface area contributed by atoms with Gasteiger partial charge in [-0.2, -0.15) is 0 Å². The fraction of sp³-hybridized carbons (Fsp3) is 0.231. The van der Waals surface area contributed by atoms with Crippen molar-refractivity contribution in [2.45, 2.75) is 13.0 Å². The summed E-state index contributed by atoms with van der Waals surface area (Å²) in [7, 11) is 0. The Hall–Kier alpha value is -2.50. The van der Waals surface area contributed by atoms with E-state index in [-0.39, 0.29) is 17.6 Å². The number of hydrogen-bond acceptors (Lipinski definition) is 3. The van der Waals surface area contributed by atoms with Gasteiger partial charge in [-0.3, -0.25) is 4.79 Å². The van der Waals surface area contributed by atoms with Gasteiger partial charge < -0.3 is 20.6 Å². The average molecular weight is 260 g/mol. The van der Waals surface area contributed by atoms with Crippen LogP contribution >= 0.6 is 0 Å². The zero-order chi connectivity index (χ0) is 13.8. The molecule has 1 amide bonds. The van der Waals surface area contributed by atoms with Crippen LogP contribution in [0.2, 0.25) is 0 Å². The number of aromatic nitrogens is 2. The second-order valence-corrected chi connectivity index (χ2v) is 4.24. The van der Waals surface area contributed by atoms with E-state index in [1.165, 1.54) is 0 Å². The molecule has 0 bridgehead atoms. The third-order valence-electron chi connectivity index (χ3n) is 2.71. The molecule has 1 aromatic heterocycles. The van der Waals surface area contributed by atoms with Gasteiger partial charge in [-0.15, -0.1) is 6.58 Å². The highest BCUT2D eigenvalue weighted by molar-refractivity contribution is 5.85. The number of hydrogen-bond donors (Lipinski definition) is 4. The number of carbonyl (C=O) groups is 1. The number of anilines is 1. The maximum absolute atomic E-state index is 11.7. The largest absolute Gasteiger partial charge is 0.374 e. The summed E-state index contributed by atoms with van der Waals surface area (Å²) in [5.74, 6) is -0.109. The van der Waals surface area contributed by atoms with E-state index in [4.69, 9.17) is 0 Å². The van der Waals surface area contributed by atoms with Crippen LogP contribution in [0.25, 0.3) is 11.0 Å². The van der Waals surface area contributed by atoms with Crippen LogP contribution in [0.15, 0.2) is 35.6 Å². The summed E-state index contributed by atoms with van der Waals surface area (Å²) in [5.41, 5.74) is 1.96. The van der Waals surface area contributed by atoms with Crippen LogP contribution in [0, 0.1) is 0 Å². The molecule has 2 rings (SSSR count). The smallest absolute Gasteiger partial charge is 0.323 e. The molecule has 19 heavy (non-hydrogen) atoms. The van der Waals surface area contributed by atoms with Crippen molar-refractivity contribution in [2.75, 3.05) is 11.9 Å². The minimum atomic E-state index is -0.372. The monoisotopic (exact) mass is 260 g/mol. The number of benzene rings is 1. The van der Waals surface area contributed by atoms with E-state index < -0.39 is 0 Å². The number of rotatable bonds is 5. The highest BCUT2D eigenvalue weighted by Gasteiger charge is 2.11. The van der Waals surface area contributed by atoms with E-state index in [0.29, 0.717) is 12.1 Å². The molecule has 100 valence electrons. The molecule has 1 aromatic carbocycles. The first-order valence-corrected chi connectivity index (χ1v) is 5.97. The third kappa shape index (κ3) is 3.04. The number of aromatic amines is 2. The molecule has 0 unspecified atom stereocenters. The van der Waals surface area contributed by atoms with E-state index in [1.807, 2.05) is 6.07 Å². The maximum atomic E-state index is 11.7. The third-order valence-corrected chi connectivity index (χ3v) is 2.71. The Bertz CT molecular complexity index is 656. The molecule has 2 aromatic rings. The standard InChI is InChI=1S/C13H16N4O2/c1-3-6-14-12(18)8(2)15-9-4-5-10-11(7-9)17-13(19)16-10/h3-5,7-8,15H,1,6H2,2H3,(H,14,18)(H2,16,17,19)/t8-/m1/s1. The van der Waals surface area contributed by atoms with Gasteiger partial charge >= 0.3 is 5.69 Å². The van der Waals surface area contributed by atoms with Gasteiger partial charge in [-0.25, -0.2) is 4.79 Å². The summed E-state index contributed by atoms with van der Waals surface area (Å²) >= 11 is 0. The van der Waals surface area contributed by atoms with Crippen molar-refractivity contribution in [3.8, 4) is 0 Å². The van der Waals surface area contributed by atoms with Crippen LogP contribution in [0.1, 0.15) is 6.92 Å². The quantitative estimate of drug-likeness (QED) is 0.604. The van der Waals surface area contributed by atoms with Crippen molar-refractivity contribution in [3.63, 3.8) is 0 Å². The van der Waals surface area contributed by atoms with Crippen molar-refractivity contribution in [1.29, 1.82) is 0 Å². The molecular weight excluding hydrogens is 244 g/mol. The SMILES string of the molecule is C=CCNC(=O)[C@@H](C)Nc1ccc2[nH]c(=O)[nH]c2c1. The van der Waals surface area contributed by atoms with Crippen molar-refractivity contribution in [2.24, 2.45) is 0 Å². The molecule has 0 aliphatic carbocycles. The Morgan fingerprint density at radius 2 is 2.16 bits per heavy atom. The molecule has 0 saturated heterocycles. The van der Waals surface area contributed by atoms with Gasteiger partial charge in [-0.1, -0.05) is 6.08 Å². The molecule has 0 saturated carbocycles. The van der Waals surface area contributed by atoms with Crippen LogP contribution in [-0.4, -0.2) is 28.5 Å². The average Bonchev–Trinajstić information content (AvgIpc) is 2.75. The van der Waals surface area contributed by atoms with Crippen LogP contribution < -0.4 is 16.3 Å². The minimum Gasteiger partial charge on any atom is -0.374 e. The highest BCUT2D eigenvalue weighted by atomic mass is 16.2. The lowest BCUT2D eigenvalue weighted by Gasteiger charge is -2.14. The molecule has 6 heteroatoms. The molecular formula is C13H16N4O2. The number of H-pyrrole nitrogens is 2. The number of amides is 1. The molecule has 0 radical (unpaired) electrons. The Balaban J connectivity index is 2.09. The summed E-state index contributed by atoms with van der Waals surface area (Å²) < 4.78 is 0. The van der Waals surface area contributed by atoms with Gasteiger partial charge in [0.15, 0.2) is 0 Å². The maximum Gasteiger partial charge on any atom is 0.323 e. The topological polar surface area (TPSA) is 89.8 Å². The molecule has 0 fully saturated rings. The summed E-state index contributed by atoms with van der Waals surface area (Å²) in [5, 5.41) is 5.78. The van der Waals surface area contributed by atoms with Gasteiger partial charge in [-0.05, 0) is 25.1 Å². The first kappa shape index (κ1) is 12.9. The number of fused-ring (bicyclic) bond motifs is 1. The Morgan fingerprint density at radius 3 is 2.89 bits per heavy atom. The number of carbonyl (C=O) groups excluding carboxylic acids is 1. The molecule has 1 atom stereocenters. The van der Waals surface area contributed by atoms with Gasteiger partial charge in [0, 0.05) is 12.2 Å². The number of imidazole rings is 1. The Morgan fingerprint density at radius 1 is 1.42 bits per heavy atom. The minimum absolute atomic E-state index is 0.109. The summed E-state index contributed by atoms with van der Waals surface area (Å²) in [6, 6.07) is 5.00. The molecule has 6 nitrogen and oxygen atoms in total. The summed E-state index contributed by atoms with van der Waals surface area (Å²) in [4.78, 5) is 28.2. The molecule has 0 aliphatic heterocycles. The number of nitrogens with one attached hydrogen (secondary N) is 4. The Labute approximate surface area is 109 Å². The summed E-state index contributed by atoms with van der Waals surface area (Å²) in [6.45, 7) is 5.75. The highest BCUT2D eigenvalue weighted by Crippen LogP contribution is 2.15. The normalized spacial score (nSPS) is 12.1. The lowest BCUT2D eigenvalue weighted by Crippen LogP contribution is -2.37. The molecule has 4 N–H and O–H groups in total. The second-order valence-electron chi connectivity index (χ2n) is 4.24. The van der Waals surface area contributed by atoms with E-state index >= 15 is 0 Å². The van der Waals surface area contributed by atoms with E-state index in [9.17, 15) is 9.59 Å². The van der Waals surface area contributed by atoms with Crippen LogP contribution in [0.5, 0.6) is 0 Å². The van der Waals surface area contributed by atoms with Gasteiger partial charge in [0.1, 0.15) is 6.04 Å². The van der Waals surface area contributed by atoms with Crippen molar-refractivity contribution in [3.05, 3.63) is 41.3 Å². The fourth-order valence-corrected chi connectivity index (χ4v) is 1.76. The second kappa shape index (κ2) is 5.43. The van der Waals surface area contributed by atoms with Crippen molar-refractivity contribution >= 4 is 22.6 Å². The van der Waals surface area contributed by atoms with E-state index in [1.54, 1.807) is 25.1 Å². The van der Waals surface area contributed by atoms with E-state index in [0.717, 1.165) is 11.2 Å². The lowest BCUT2D eigenvalue weighted by molar-refractivity contribution is -0.121. The van der Waals surface area contributed by atoms with Crippen LogP contribution in [0.3, 0.4) is 0 Å². The first-order valence-electron chi connectivity index (χ1n) is 5.97. The van der Waals surface area contributed by atoms with Crippen molar-refractivity contribution < 1.29 is 4.79 Å². The fourth-order valence-electron chi connectivity index (χ4n) is 1.76. The van der Waals surface area contributed by atoms with Gasteiger partial charge in [0.25, 0.3) is 0 Å².